The van der Waals surface area contributed by atoms with Crippen molar-refractivity contribution >= 4 is 10.8 Å². The number of aliphatic hydroxyl groups is 2. The maximum Gasteiger partial charge on any atom is 0.130 e. The van der Waals surface area contributed by atoms with Crippen LogP contribution in [-0.4, -0.2) is 36.6 Å². The lowest BCUT2D eigenvalue weighted by molar-refractivity contribution is -0.374. The maximum atomic E-state index is 10.7. The second-order valence-electron chi connectivity index (χ2n) is 12.1. The van der Waals surface area contributed by atoms with Crippen molar-refractivity contribution in [2.24, 2.45) is 46.3 Å². The number of benzene rings is 2. The zero-order valence-electron chi connectivity index (χ0n) is 19.2. The number of rotatable bonds is 2. The Morgan fingerprint density at radius 3 is 1.56 bits per heavy atom. The lowest BCUT2D eigenvalue weighted by Gasteiger charge is -2.84. The SMILES string of the molecule is COc1c2c(c(OC)c3ccccc13)[C@@H]1CC2C2C1C1(C)C3C([C@H]4C[C@@H]3[C@H](O)[C@@H]4O)C21C. The molecular formula is C28H32O4. The smallest absolute Gasteiger partial charge is 0.130 e. The highest BCUT2D eigenvalue weighted by atomic mass is 16.5. The van der Waals surface area contributed by atoms with Crippen LogP contribution < -0.4 is 9.47 Å². The van der Waals surface area contributed by atoms with Gasteiger partial charge < -0.3 is 19.7 Å². The average molecular weight is 433 g/mol. The fraction of sp³-hybridized carbons (Fsp3) is 0.643. The molecule has 0 heterocycles. The molecule has 4 heteroatoms. The Morgan fingerprint density at radius 2 is 1.16 bits per heavy atom. The number of ether oxygens (including phenoxy) is 2. The van der Waals surface area contributed by atoms with Gasteiger partial charge in [0, 0.05) is 21.9 Å². The second-order valence-corrected chi connectivity index (χ2v) is 12.1. The third-order valence-electron chi connectivity index (χ3n) is 12.1. The van der Waals surface area contributed by atoms with Gasteiger partial charge in [-0.15, -0.1) is 0 Å². The van der Waals surface area contributed by atoms with Gasteiger partial charge in [0.25, 0.3) is 0 Å². The van der Waals surface area contributed by atoms with Crippen LogP contribution in [0.2, 0.25) is 0 Å². The highest BCUT2D eigenvalue weighted by molar-refractivity contribution is 5.97. The van der Waals surface area contributed by atoms with Crippen LogP contribution in [-0.2, 0) is 0 Å². The van der Waals surface area contributed by atoms with Gasteiger partial charge in [0.05, 0.1) is 26.4 Å². The van der Waals surface area contributed by atoms with E-state index in [-0.39, 0.29) is 22.7 Å². The average Bonchev–Trinajstić information content (AvgIpc) is 3.54. The Labute approximate surface area is 188 Å². The van der Waals surface area contributed by atoms with Gasteiger partial charge in [-0.1, -0.05) is 38.1 Å². The van der Waals surface area contributed by atoms with Crippen molar-refractivity contribution < 1.29 is 19.7 Å². The standard InChI is InChI=1S/C28H32O4/c1-27-19-13-9-14(18-17(13)25(31-3)11-7-5-6-8-12(11)26(18)32-4)20(19)28(27,2)22-16-10-15(21(22)27)23(29)24(16)30/h5-8,13-16,19-24,29-30H,9-10H2,1-4H3/t13-,14?,15-,16+,19?,20?,21?,22?,23-,24+,27?,28?/m0/s1. The third-order valence-corrected chi connectivity index (χ3v) is 12.1. The van der Waals surface area contributed by atoms with Crippen molar-refractivity contribution in [1.82, 2.24) is 0 Å². The molecule has 5 saturated carbocycles. The summed E-state index contributed by atoms with van der Waals surface area (Å²) in [6.07, 6.45) is 1.16. The van der Waals surface area contributed by atoms with Crippen molar-refractivity contribution in [1.29, 1.82) is 0 Å². The van der Waals surface area contributed by atoms with Gasteiger partial charge in [-0.25, -0.2) is 0 Å². The summed E-state index contributed by atoms with van der Waals surface area (Å²) in [5.41, 5.74) is 3.32. The first-order chi connectivity index (χ1) is 15.4. The monoisotopic (exact) mass is 432 g/mol. The van der Waals surface area contributed by atoms with Gasteiger partial charge in [0.1, 0.15) is 11.5 Å². The van der Waals surface area contributed by atoms with E-state index in [4.69, 9.17) is 9.47 Å². The summed E-state index contributed by atoms with van der Waals surface area (Å²) >= 11 is 0. The van der Waals surface area contributed by atoms with Gasteiger partial charge in [-0.05, 0) is 71.0 Å². The Balaban J connectivity index is 1.34. The largest absolute Gasteiger partial charge is 0.496 e. The Morgan fingerprint density at radius 1 is 0.719 bits per heavy atom. The molecule has 0 radical (unpaired) electrons. The minimum Gasteiger partial charge on any atom is -0.496 e. The highest BCUT2D eigenvalue weighted by Gasteiger charge is 2.90. The van der Waals surface area contributed by atoms with E-state index in [1.54, 1.807) is 0 Å². The summed E-state index contributed by atoms with van der Waals surface area (Å²) < 4.78 is 12.2. The summed E-state index contributed by atoms with van der Waals surface area (Å²) in [5.74, 6) is 6.11. The summed E-state index contributed by atoms with van der Waals surface area (Å²) in [7, 11) is 3.63. The van der Waals surface area contributed by atoms with Crippen LogP contribution in [0.25, 0.3) is 10.8 Å². The molecule has 7 unspecified atom stereocenters. The van der Waals surface area contributed by atoms with E-state index in [1.165, 1.54) is 17.5 Å². The molecule has 0 aliphatic heterocycles. The Kier molecular flexibility index (Phi) is 3.09. The van der Waals surface area contributed by atoms with E-state index in [9.17, 15) is 10.2 Å². The summed E-state index contributed by atoms with van der Waals surface area (Å²) in [4.78, 5) is 0. The summed E-state index contributed by atoms with van der Waals surface area (Å²) in [6.45, 7) is 5.06. The quantitative estimate of drug-likeness (QED) is 0.694. The Hall–Kier alpha value is -1.78. The third kappa shape index (κ3) is 1.50. The van der Waals surface area contributed by atoms with Crippen LogP contribution in [0, 0.1) is 46.3 Å². The van der Waals surface area contributed by atoms with Crippen molar-refractivity contribution in [3.63, 3.8) is 0 Å². The Bertz CT molecular complexity index is 1120. The van der Waals surface area contributed by atoms with E-state index in [0.29, 0.717) is 35.5 Å². The van der Waals surface area contributed by atoms with Gasteiger partial charge in [-0.2, -0.15) is 0 Å². The molecule has 4 nitrogen and oxygen atoms in total. The minimum atomic E-state index is -0.522. The van der Waals surface area contributed by atoms with E-state index in [0.717, 1.165) is 28.7 Å². The van der Waals surface area contributed by atoms with Gasteiger partial charge >= 0.3 is 0 Å². The zero-order chi connectivity index (χ0) is 21.9. The zero-order valence-corrected chi connectivity index (χ0v) is 19.2. The van der Waals surface area contributed by atoms with Crippen molar-refractivity contribution in [3.8, 4) is 11.5 Å². The number of hydrogen-bond donors (Lipinski definition) is 2. The fourth-order valence-electron chi connectivity index (χ4n) is 11.5. The molecule has 6 aliphatic carbocycles. The molecule has 2 aromatic carbocycles. The van der Waals surface area contributed by atoms with Crippen LogP contribution >= 0.6 is 0 Å². The molecule has 8 rings (SSSR count). The first-order valence-electron chi connectivity index (χ1n) is 12.4. The fourth-order valence-corrected chi connectivity index (χ4v) is 11.5. The molecule has 6 aliphatic rings. The first-order valence-corrected chi connectivity index (χ1v) is 12.4. The number of aliphatic hydroxyl groups excluding tert-OH is 2. The molecule has 32 heavy (non-hydrogen) atoms. The van der Waals surface area contributed by atoms with Crippen molar-refractivity contribution in [2.75, 3.05) is 14.2 Å². The van der Waals surface area contributed by atoms with E-state index in [1.807, 2.05) is 14.2 Å². The van der Waals surface area contributed by atoms with E-state index in [2.05, 4.69) is 38.1 Å². The normalized spacial score (nSPS) is 52.7. The highest BCUT2D eigenvalue weighted by Crippen LogP contribution is 2.94. The minimum absolute atomic E-state index is 0.254. The topological polar surface area (TPSA) is 58.9 Å². The summed E-state index contributed by atoms with van der Waals surface area (Å²) in [6, 6.07) is 8.51. The molecule has 0 saturated heterocycles. The molecule has 12 atom stereocenters. The molecule has 0 amide bonds. The van der Waals surface area contributed by atoms with Crippen LogP contribution in [0.3, 0.4) is 0 Å². The number of fused-ring (bicyclic) bond motifs is 19. The van der Waals surface area contributed by atoms with Crippen LogP contribution in [0.1, 0.15) is 49.7 Å². The molecular weight excluding hydrogens is 400 g/mol. The maximum absolute atomic E-state index is 10.7. The molecule has 4 bridgehead atoms. The lowest BCUT2D eigenvalue weighted by Crippen LogP contribution is -2.81. The number of hydrogen-bond acceptors (Lipinski definition) is 4. The number of methoxy groups -OCH3 is 2. The van der Waals surface area contributed by atoms with Crippen molar-refractivity contribution in [2.45, 2.75) is 50.7 Å². The van der Waals surface area contributed by atoms with Gasteiger partial charge in [-0.3, -0.25) is 0 Å². The first kappa shape index (κ1) is 18.6. The van der Waals surface area contributed by atoms with E-state index >= 15 is 0 Å². The van der Waals surface area contributed by atoms with Gasteiger partial charge in [0.15, 0.2) is 0 Å². The molecule has 2 aromatic rings. The van der Waals surface area contributed by atoms with Crippen molar-refractivity contribution in [3.05, 3.63) is 35.4 Å². The second kappa shape index (κ2) is 5.31. The predicted octanol–water partition coefficient (Wildman–Crippen LogP) is 4.32. The van der Waals surface area contributed by atoms with Crippen LogP contribution in [0.5, 0.6) is 11.5 Å². The predicted molar refractivity (Wildman–Crippen MR) is 121 cm³/mol. The molecule has 5 fully saturated rings. The summed E-state index contributed by atoms with van der Waals surface area (Å²) in [5, 5.41) is 23.8. The molecule has 2 N–H and O–H groups in total. The molecule has 168 valence electrons. The van der Waals surface area contributed by atoms with Gasteiger partial charge in [0.2, 0.25) is 0 Å². The molecule has 0 spiro atoms. The molecule has 0 aromatic heterocycles. The van der Waals surface area contributed by atoms with Crippen LogP contribution in [0.15, 0.2) is 24.3 Å². The van der Waals surface area contributed by atoms with Crippen LogP contribution in [0.4, 0.5) is 0 Å². The van der Waals surface area contributed by atoms with E-state index < -0.39 is 12.2 Å². The lowest BCUT2D eigenvalue weighted by atomic mass is 9.20.